The van der Waals surface area contributed by atoms with E-state index in [1.165, 1.54) is 11.8 Å². The highest BCUT2D eigenvalue weighted by Gasteiger charge is 2.30. The number of nitrogens with two attached hydrogens (primary N) is 4. The summed E-state index contributed by atoms with van der Waals surface area (Å²) in [5.74, 6) is -4.28. The van der Waals surface area contributed by atoms with E-state index in [4.69, 9.17) is 22.9 Å². The molecule has 5 amide bonds. The van der Waals surface area contributed by atoms with E-state index < -0.39 is 59.7 Å². The van der Waals surface area contributed by atoms with Gasteiger partial charge in [-0.1, -0.05) is 0 Å². The molecule has 36 heavy (non-hydrogen) atoms. The van der Waals surface area contributed by atoms with Gasteiger partial charge in [0.15, 0.2) is 0 Å². The molecular formula is C21H39N7O7S. The summed E-state index contributed by atoms with van der Waals surface area (Å²) in [5.41, 5.74) is 21.4. The Balaban J connectivity index is 5.46. The van der Waals surface area contributed by atoms with Crippen molar-refractivity contribution in [3.8, 4) is 0 Å². The maximum Gasteiger partial charge on any atom is 0.326 e. The molecular weight excluding hydrogens is 494 g/mol. The number of aliphatic carboxylic acids is 1. The molecule has 0 heterocycles. The number of thioether (sulfide) groups is 1. The fourth-order valence-electron chi connectivity index (χ4n) is 3.06. The van der Waals surface area contributed by atoms with Gasteiger partial charge in [-0.15, -0.1) is 0 Å². The highest BCUT2D eigenvalue weighted by Crippen LogP contribution is 2.07. The first-order valence-electron chi connectivity index (χ1n) is 11.6. The van der Waals surface area contributed by atoms with Crippen LogP contribution in [0.1, 0.15) is 51.4 Å². The molecule has 12 N–H and O–H groups in total. The van der Waals surface area contributed by atoms with Gasteiger partial charge in [-0.05, 0) is 57.1 Å². The fourth-order valence-corrected chi connectivity index (χ4v) is 3.53. The van der Waals surface area contributed by atoms with Crippen LogP contribution in [0.3, 0.4) is 0 Å². The van der Waals surface area contributed by atoms with Crippen LogP contribution >= 0.6 is 11.8 Å². The van der Waals surface area contributed by atoms with Crippen LogP contribution in [0.25, 0.3) is 0 Å². The zero-order valence-corrected chi connectivity index (χ0v) is 21.3. The summed E-state index contributed by atoms with van der Waals surface area (Å²) in [5, 5.41) is 16.8. The Kier molecular flexibility index (Phi) is 16.9. The Bertz CT molecular complexity index is 769. The van der Waals surface area contributed by atoms with Crippen molar-refractivity contribution in [1.29, 1.82) is 0 Å². The molecule has 14 nitrogen and oxygen atoms in total. The highest BCUT2D eigenvalue weighted by atomic mass is 32.2. The van der Waals surface area contributed by atoms with Crippen LogP contribution in [0.4, 0.5) is 0 Å². The molecule has 0 radical (unpaired) electrons. The number of rotatable bonds is 20. The van der Waals surface area contributed by atoms with Gasteiger partial charge in [0.05, 0.1) is 6.04 Å². The maximum atomic E-state index is 13.0. The largest absolute Gasteiger partial charge is 0.480 e. The van der Waals surface area contributed by atoms with Crippen LogP contribution in [0, 0.1) is 0 Å². The summed E-state index contributed by atoms with van der Waals surface area (Å²) >= 11 is 1.41. The van der Waals surface area contributed by atoms with Crippen molar-refractivity contribution in [1.82, 2.24) is 16.0 Å². The molecule has 0 aliphatic heterocycles. The molecule has 4 atom stereocenters. The predicted molar refractivity (Wildman–Crippen MR) is 134 cm³/mol. The zero-order valence-electron chi connectivity index (χ0n) is 20.5. The Morgan fingerprint density at radius 2 is 1.25 bits per heavy atom. The van der Waals surface area contributed by atoms with Crippen molar-refractivity contribution in [2.75, 3.05) is 18.6 Å². The number of unbranched alkanes of at least 4 members (excludes halogenated alkanes) is 1. The van der Waals surface area contributed by atoms with Gasteiger partial charge in [0.25, 0.3) is 0 Å². The molecule has 4 unspecified atom stereocenters. The number of amides is 5. The first kappa shape index (κ1) is 33.1. The van der Waals surface area contributed by atoms with E-state index in [0.29, 0.717) is 25.1 Å². The van der Waals surface area contributed by atoms with Crippen molar-refractivity contribution in [3.05, 3.63) is 0 Å². The third kappa shape index (κ3) is 14.5. The van der Waals surface area contributed by atoms with Gasteiger partial charge in [-0.25, -0.2) is 4.79 Å². The van der Waals surface area contributed by atoms with Gasteiger partial charge < -0.3 is 44.0 Å². The lowest BCUT2D eigenvalue weighted by atomic mass is 10.1. The summed E-state index contributed by atoms with van der Waals surface area (Å²) in [4.78, 5) is 71.8. The molecule has 15 heteroatoms. The van der Waals surface area contributed by atoms with E-state index in [9.17, 15) is 33.9 Å². The molecule has 0 aliphatic rings. The normalized spacial score (nSPS) is 14.1. The van der Waals surface area contributed by atoms with Crippen LogP contribution in [-0.2, 0) is 28.8 Å². The number of carbonyl (C=O) groups excluding carboxylic acids is 5. The first-order valence-corrected chi connectivity index (χ1v) is 13.0. The number of carboxylic acids is 1. The molecule has 0 spiro atoms. The highest BCUT2D eigenvalue weighted by molar-refractivity contribution is 7.98. The Morgan fingerprint density at radius 1 is 0.750 bits per heavy atom. The van der Waals surface area contributed by atoms with Crippen LogP contribution < -0.4 is 38.9 Å². The van der Waals surface area contributed by atoms with E-state index in [1.807, 2.05) is 0 Å². The van der Waals surface area contributed by atoms with E-state index in [0.717, 1.165) is 0 Å². The summed E-state index contributed by atoms with van der Waals surface area (Å²) < 4.78 is 0. The van der Waals surface area contributed by atoms with E-state index in [2.05, 4.69) is 16.0 Å². The summed E-state index contributed by atoms with van der Waals surface area (Å²) in [7, 11) is 0. The number of nitrogens with one attached hydrogen (secondary N) is 3. The monoisotopic (exact) mass is 533 g/mol. The molecule has 0 saturated heterocycles. The number of carboxylic acid groups (broad SMARTS) is 1. The van der Waals surface area contributed by atoms with Crippen molar-refractivity contribution in [2.45, 2.75) is 75.5 Å². The number of hydrogen-bond acceptors (Lipinski definition) is 9. The van der Waals surface area contributed by atoms with Gasteiger partial charge in [0.2, 0.25) is 29.5 Å². The summed E-state index contributed by atoms with van der Waals surface area (Å²) in [6.45, 7) is 0.376. The van der Waals surface area contributed by atoms with Crippen LogP contribution in [0.2, 0.25) is 0 Å². The van der Waals surface area contributed by atoms with E-state index in [-0.39, 0.29) is 38.5 Å². The lowest BCUT2D eigenvalue weighted by Crippen LogP contribution is -2.57. The molecule has 0 aromatic heterocycles. The third-order valence-corrected chi connectivity index (χ3v) is 5.80. The molecule has 206 valence electrons. The van der Waals surface area contributed by atoms with Crippen LogP contribution in [0.15, 0.2) is 0 Å². The molecule has 0 aromatic rings. The quantitative estimate of drug-likeness (QED) is 0.0748. The van der Waals surface area contributed by atoms with Crippen LogP contribution in [0.5, 0.6) is 0 Å². The standard InChI is InChI=1S/C21H39N7O7S/c1-36-11-9-14(20(33)28-15(21(34)35)6-8-17(25)30)27-19(32)13(4-2-3-10-22)26-18(31)12(23)5-7-16(24)29/h12-15H,2-11,22-23H2,1H3,(H2,24,29)(H2,25,30)(H,26,31)(H,27,32)(H,28,33)(H,34,35). The average molecular weight is 534 g/mol. The van der Waals surface area contributed by atoms with Crippen LogP contribution in [-0.4, -0.2) is 83.3 Å². The SMILES string of the molecule is CSCCC(NC(=O)C(CCCCN)NC(=O)C(N)CCC(N)=O)C(=O)NC(CCC(N)=O)C(=O)O. The zero-order chi connectivity index (χ0) is 27.7. The second kappa shape index (κ2) is 18.4. The second-order valence-corrected chi connectivity index (χ2v) is 9.19. The minimum Gasteiger partial charge on any atom is -0.480 e. The molecule has 0 bridgehead atoms. The molecule has 0 saturated carbocycles. The van der Waals surface area contributed by atoms with Crippen molar-refractivity contribution in [3.63, 3.8) is 0 Å². The smallest absolute Gasteiger partial charge is 0.326 e. The minimum absolute atomic E-state index is 0.00105. The first-order chi connectivity index (χ1) is 16.9. The number of carbonyl (C=O) groups is 6. The summed E-state index contributed by atoms with van der Waals surface area (Å²) in [6.07, 6.45) is 2.73. The number of hydrogen-bond donors (Lipinski definition) is 8. The van der Waals surface area contributed by atoms with Gasteiger partial charge in [-0.3, -0.25) is 24.0 Å². The Hall–Kier alpha value is -2.91. The third-order valence-electron chi connectivity index (χ3n) is 5.16. The maximum absolute atomic E-state index is 13.0. The predicted octanol–water partition coefficient (Wildman–Crippen LogP) is -2.73. The Labute approximate surface area is 214 Å². The van der Waals surface area contributed by atoms with Crippen molar-refractivity contribution in [2.24, 2.45) is 22.9 Å². The second-order valence-electron chi connectivity index (χ2n) is 8.20. The topological polar surface area (TPSA) is 263 Å². The number of primary amides is 2. The van der Waals surface area contributed by atoms with Gasteiger partial charge >= 0.3 is 5.97 Å². The molecule has 0 rings (SSSR count). The van der Waals surface area contributed by atoms with Crippen molar-refractivity contribution >= 4 is 47.3 Å². The minimum atomic E-state index is -1.37. The summed E-state index contributed by atoms with van der Waals surface area (Å²) in [6, 6.07) is -4.59. The fraction of sp³-hybridized carbons (Fsp3) is 0.714. The van der Waals surface area contributed by atoms with E-state index >= 15 is 0 Å². The average Bonchev–Trinajstić information content (AvgIpc) is 2.81. The lowest BCUT2D eigenvalue weighted by Gasteiger charge is -2.25. The van der Waals surface area contributed by atoms with Gasteiger partial charge in [-0.2, -0.15) is 11.8 Å². The van der Waals surface area contributed by atoms with Gasteiger partial charge in [0, 0.05) is 12.8 Å². The molecule has 0 fully saturated rings. The molecule has 0 aromatic carbocycles. The van der Waals surface area contributed by atoms with E-state index in [1.54, 1.807) is 6.26 Å². The lowest BCUT2D eigenvalue weighted by molar-refractivity contribution is -0.142. The van der Waals surface area contributed by atoms with Crippen molar-refractivity contribution < 1.29 is 33.9 Å². The molecule has 0 aliphatic carbocycles. The Morgan fingerprint density at radius 3 is 1.75 bits per heavy atom. The van der Waals surface area contributed by atoms with Gasteiger partial charge in [0.1, 0.15) is 18.1 Å².